The van der Waals surface area contributed by atoms with Crippen molar-refractivity contribution in [1.29, 1.82) is 0 Å². The summed E-state index contributed by atoms with van der Waals surface area (Å²) < 4.78 is 15.9. The van der Waals surface area contributed by atoms with Gasteiger partial charge in [-0.15, -0.1) is 11.8 Å². The third-order valence-corrected chi connectivity index (χ3v) is 4.99. The number of alkyl carbamates (subject to hydrolysis) is 1. The highest BCUT2D eigenvalue weighted by Gasteiger charge is 2.16. The molecular formula is C22H33NO5S. The lowest BCUT2D eigenvalue weighted by atomic mass is 10.1. The van der Waals surface area contributed by atoms with E-state index >= 15 is 0 Å². The molecule has 0 aliphatic heterocycles. The molecule has 6 nitrogen and oxygen atoms in total. The van der Waals surface area contributed by atoms with Gasteiger partial charge in [0.2, 0.25) is 0 Å². The minimum absolute atomic E-state index is 0.0466. The molecule has 1 unspecified atom stereocenters. The summed E-state index contributed by atoms with van der Waals surface area (Å²) in [7, 11) is 0. The van der Waals surface area contributed by atoms with Gasteiger partial charge in [-0.25, -0.2) is 9.59 Å². The quantitative estimate of drug-likeness (QED) is 0.207. The Bertz CT molecular complexity index is 618. The van der Waals surface area contributed by atoms with Crippen molar-refractivity contribution >= 4 is 23.8 Å². The predicted molar refractivity (Wildman–Crippen MR) is 116 cm³/mol. The number of esters is 1. The molecule has 1 N–H and O–H groups in total. The van der Waals surface area contributed by atoms with E-state index in [4.69, 9.17) is 14.2 Å². The van der Waals surface area contributed by atoms with Gasteiger partial charge in [-0.3, -0.25) is 0 Å². The Morgan fingerprint density at radius 2 is 1.97 bits per heavy atom. The number of benzene rings is 1. The average molecular weight is 424 g/mol. The van der Waals surface area contributed by atoms with Crippen LogP contribution in [0.15, 0.2) is 41.8 Å². The van der Waals surface area contributed by atoms with Crippen LogP contribution in [0.1, 0.15) is 39.2 Å². The molecule has 1 amide bonds. The highest BCUT2D eigenvalue weighted by Crippen LogP contribution is 2.21. The molecule has 0 aliphatic carbocycles. The molecule has 1 aromatic carbocycles. The summed E-state index contributed by atoms with van der Waals surface area (Å²) in [6, 6.07) is 8.50. The fourth-order valence-electron chi connectivity index (χ4n) is 2.30. The van der Waals surface area contributed by atoms with Gasteiger partial charge in [0.05, 0.1) is 19.3 Å². The SMILES string of the molecule is C=CC(=O)OCCNC(=O)OC(COC(C)C)CSc1ccc(CCCC)cc1. The Labute approximate surface area is 178 Å². The first-order valence-electron chi connectivity index (χ1n) is 10.0. The van der Waals surface area contributed by atoms with Crippen molar-refractivity contribution in [2.45, 2.75) is 57.1 Å². The van der Waals surface area contributed by atoms with Crippen molar-refractivity contribution in [2.75, 3.05) is 25.5 Å². The summed E-state index contributed by atoms with van der Waals surface area (Å²) in [6.45, 7) is 9.92. The van der Waals surface area contributed by atoms with Gasteiger partial charge in [-0.2, -0.15) is 0 Å². The van der Waals surface area contributed by atoms with Crippen molar-refractivity contribution in [3.63, 3.8) is 0 Å². The number of unbranched alkanes of at least 4 members (excludes halogenated alkanes) is 1. The number of hydrogen-bond acceptors (Lipinski definition) is 6. The van der Waals surface area contributed by atoms with Gasteiger partial charge in [0.1, 0.15) is 12.7 Å². The number of aryl methyl sites for hydroxylation is 1. The minimum Gasteiger partial charge on any atom is -0.461 e. The van der Waals surface area contributed by atoms with E-state index in [1.807, 2.05) is 13.8 Å². The number of hydrogen-bond donors (Lipinski definition) is 1. The molecule has 0 spiro atoms. The summed E-state index contributed by atoms with van der Waals surface area (Å²) >= 11 is 1.62. The van der Waals surface area contributed by atoms with Crippen molar-refractivity contribution in [3.05, 3.63) is 42.5 Å². The smallest absolute Gasteiger partial charge is 0.407 e. The summed E-state index contributed by atoms with van der Waals surface area (Å²) in [5, 5.41) is 2.57. The standard InChI is InChI=1S/C22H33NO5S/c1-5-7-8-18-9-11-20(12-10-18)29-16-19(15-27-17(3)4)28-22(25)23-13-14-26-21(24)6-2/h6,9-12,17,19H,2,5,7-8,13-16H2,1,3-4H3,(H,23,25). The van der Waals surface area contributed by atoms with Crippen LogP contribution < -0.4 is 5.32 Å². The molecule has 1 atom stereocenters. The highest BCUT2D eigenvalue weighted by atomic mass is 32.2. The van der Waals surface area contributed by atoms with Crippen LogP contribution in [0.25, 0.3) is 0 Å². The lowest BCUT2D eigenvalue weighted by Crippen LogP contribution is -2.35. The lowest BCUT2D eigenvalue weighted by molar-refractivity contribution is -0.137. The number of rotatable bonds is 14. The van der Waals surface area contributed by atoms with Crippen LogP contribution in [0.2, 0.25) is 0 Å². The zero-order valence-corrected chi connectivity index (χ0v) is 18.5. The van der Waals surface area contributed by atoms with Crippen LogP contribution in [0, 0.1) is 0 Å². The zero-order valence-electron chi connectivity index (χ0n) is 17.6. The first-order valence-corrected chi connectivity index (χ1v) is 11.0. The molecule has 162 valence electrons. The minimum atomic E-state index is -0.562. The van der Waals surface area contributed by atoms with E-state index in [1.54, 1.807) is 11.8 Å². The second kappa shape index (κ2) is 14.9. The van der Waals surface area contributed by atoms with E-state index in [0.717, 1.165) is 17.4 Å². The van der Waals surface area contributed by atoms with E-state index in [9.17, 15) is 9.59 Å². The number of carbonyl (C=O) groups is 2. The van der Waals surface area contributed by atoms with Gasteiger partial charge >= 0.3 is 12.1 Å². The topological polar surface area (TPSA) is 73.9 Å². The van der Waals surface area contributed by atoms with E-state index in [1.165, 1.54) is 18.4 Å². The summed E-state index contributed by atoms with van der Waals surface area (Å²) in [4.78, 5) is 24.1. The van der Waals surface area contributed by atoms with Crippen LogP contribution in [0.5, 0.6) is 0 Å². The first-order chi connectivity index (χ1) is 13.9. The van der Waals surface area contributed by atoms with Gasteiger partial charge < -0.3 is 19.5 Å². The normalized spacial score (nSPS) is 11.7. The molecule has 0 heterocycles. The van der Waals surface area contributed by atoms with Gasteiger partial charge in [-0.1, -0.05) is 32.1 Å². The molecular weight excluding hydrogens is 390 g/mol. The Balaban J connectivity index is 2.46. The number of amides is 1. The monoisotopic (exact) mass is 423 g/mol. The number of nitrogens with one attached hydrogen (secondary N) is 1. The maximum atomic E-state index is 12.0. The van der Waals surface area contributed by atoms with E-state index in [2.05, 4.69) is 43.1 Å². The molecule has 0 saturated heterocycles. The van der Waals surface area contributed by atoms with Gasteiger partial charge in [0, 0.05) is 16.7 Å². The van der Waals surface area contributed by atoms with Crippen molar-refractivity contribution in [1.82, 2.24) is 5.32 Å². The molecule has 0 bridgehead atoms. The summed E-state index contributed by atoms with van der Waals surface area (Å²) in [5.41, 5.74) is 1.34. The maximum Gasteiger partial charge on any atom is 0.407 e. The molecule has 7 heteroatoms. The third-order valence-electron chi connectivity index (χ3n) is 3.85. The van der Waals surface area contributed by atoms with Crippen molar-refractivity contribution in [2.24, 2.45) is 0 Å². The predicted octanol–water partition coefficient (Wildman–Crippen LogP) is 4.37. The van der Waals surface area contributed by atoms with E-state index in [0.29, 0.717) is 12.4 Å². The number of carbonyl (C=O) groups excluding carboxylic acids is 2. The molecule has 0 aliphatic rings. The molecule has 1 aromatic rings. The zero-order chi connectivity index (χ0) is 21.5. The lowest BCUT2D eigenvalue weighted by Gasteiger charge is -2.19. The first kappa shape index (κ1) is 25.0. The number of ether oxygens (including phenoxy) is 3. The highest BCUT2D eigenvalue weighted by molar-refractivity contribution is 7.99. The van der Waals surface area contributed by atoms with Gasteiger partial charge in [-0.05, 0) is 44.4 Å². The van der Waals surface area contributed by atoms with Crippen LogP contribution in [0.3, 0.4) is 0 Å². The Hall–Kier alpha value is -1.99. The molecule has 0 radical (unpaired) electrons. The number of thioether (sulfide) groups is 1. The largest absolute Gasteiger partial charge is 0.461 e. The molecule has 0 saturated carbocycles. The second-order valence-corrected chi connectivity index (χ2v) is 7.86. The Morgan fingerprint density at radius 1 is 1.24 bits per heavy atom. The van der Waals surface area contributed by atoms with E-state index in [-0.39, 0.29) is 19.3 Å². The van der Waals surface area contributed by atoms with Crippen molar-refractivity contribution < 1.29 is 23.8 Å². The average Bonchev–Trinajstić information content (AvgIpc) is 2.72. The fraction of sp³-hybridized carbons (Fsp3) is 0.545. The van der Waals surface area contributed by atoms with Gasteiger partial charge in [0.25, 0.3) is 0 Å². The van der Waals surface area contributed by atoms with Gasteiger partial charge in [0.15, 0.2) is 0 Å². The maximum absolute atomic E-state index is 12.0. The van der Waals surface area contributed by atoms with Crippen LogP contribution in [-0.4, -0.2) is 49.8 Å². The van der Waals surface area contributed by atoms with Crippen LogP contribution >= 0.6 is 11.8 Å². The molecule has 0 fully saturated rings. The van der Waals surface area contributed by atoms with E-state index < -0.39 is 18.2 Å². The summed E-state index contributed by atoms with van der Waals surface area (Å²) in [6.07, 6.45) is 3.64. The van der Waals surface area contributed by atoms with Crippen LogP contribution in [0.4, 0.5) is 4.79 Å². The Kier molecular flexibility index (Phi) is 12.9. The third kappa shape index (κ3) is 12.2. The second-order valence-electron chi connectivity index (χ2n) is 6.77. The molecule has 1 rings (SSSR count). The summed E-state index contributed by atoms with van der Waals surface area (Å²) in [5.74, 6) is 0.0559. The molecule has 0 aromatic heterocycles. The van der Waals surface area contributed by atoms with Crippen LogP contribution in [-0.2, 0) is 25.4 Å². The fourth-order valence-corrected chi connectivity index (χ4v) is 3.17. The Morgan fingerprint density at radius 3 is 2.59 bits per heavy atom. The van der Waals surface area contributed by atoms with Crippen molar-refractivity contribution in [3.8, 4) is 0 Å². The molecule has 29 heavy (non-hydrogen) atoms.